The van der Waals surface area contributed by atoms with Crippen molar-refractivity contribution in [3.8, 4) is 0 Å². The molecule has 0 aliphatic carbocycles. The first kappa shape index (κ1) is 12.0. The van der Waals surface area contributed by atoms with Gasteiger partial charge >= 0.3 is 5.97 Å². The van der Waals surface area contributed by atoms with Crippen molar-refractivity contribution in [1.29, 1.82) is 0 Å². The molecular formula is C11H17N3O3. The quantitative estimate of drug-likeness (QED) is 0.863. The Kier molecular flexibility index (Phi) is 3.42. The van der Waals surface area contributed by atoms with E-state index in [0.717, 1.165) is 18.5 Å². The van der Waals surface area contributed by atoms with E-state index in [1.165, 1.54) is 0 Å². The van der Waals surface area contributed by atoms with Crippen molar-refractivity contribution in [2.24, 2.45) is 0 Å². The van der Waals surface area contributed by atoms with Crippen molar-refractivity contribution >= 4 is 5.97 Å². The summed E-state index contributed by atoms with van der Waals surface area (Å²) in [7, 11) is 0. The number of hydrogen-bond donors (Lipinski definition) is 1. The van der Waals surface area contributed by atoms with Crippen molar-refractivity contribution < 1.29 is 14.6 Å². The van der Waals surface area contributed by atoms with Crippen LogP contribution in [0.25, 0.3) is 0 Å². The highest BCUT2D eigenvalue weighted by Crippen LogP contribution is 2.30. The summed E-state index contributed by atoms with van der Waals surface area (Å²) in [4.78, 5) is 11.2. The van der Waals surface area contributed by atoms with Gasteiger partial charge in [0.1, 0.15) is 0 Å². The molecule has 1 aliphatic rings. The number of ether oxygens (including phenoxy) is 1. The van der Waals surface area contributed by atoms with Crippen molar-refractivity contribution in [2.45, 2.75) is 38.6 Å². The number of carboxylic acid groups (broad SMARTS) is 1. The van der Waals surface area contributed by atoms with Gasteiger partial charge in [0, 0.05) is 25.2 Å². The van der Waals surface area contributed by atoms with E-state index < -0.39 is 5.97 Å². The Morgan fingerprint density at radius 1 is 1.47 bits per heavy atom. The zero-order valence-electron chi connectivity index (χ0n) is 10.1. The van der Waals surface area contributed by atoms with Crippen LogP contribution in [-0.4, -0.2) is 39.3 Å². The van der Waals surface area contributed by atoms with Crippen LogP contribution in [-0.2, 0) is 4.74 Å². The highest BCUT2D eigenvalue weighted by Gasteiger charge is 2.28. The summed E-state index contributed by atoms with van der Waals surface area (Å²) >= 11 is 0. The van der Waals surface area contributed by atoms with Crippen LogP contribution in [0.1, 0.15) is 54.8 Å². The standard InChI is InChI=1S/C11H17N3O3/c1-7(2)14-10(8-3-5-17-6-4-8)9(11(15)16)12-13-14/h7-8H,3-6H2,1-2H3,(H,15,16). The van der Waals surface area contributed by atoms with Gasteiger partial charge in [0.05, 0.1) is 5.69 Å². The van der Waals surface area contributed by atoms with Gasteiger partial charge in [-0.05, 0) is 26.7 Å². The van der Waals surface area contributed by atoms with E-state index in [9.17, 15) is 4.79 Å². The maximum Gasteiger partial charge on any atom is 0.358 e. The van der Waals surface area contributed by atoms with Gasteiger partial charge in [-0.25, -0.2) is 9.48 Å². The summed E-state index contributed by atoms with van der Waals surface area (Å²) in [6, 6.07) is 0.119. The minimum absolute atomic E-state index is 0.0885. The third-order valence-electron chi connectivity index (χ3n) is 3.03. The largest absolute Gasteiger partial charge is 0.476 e. The fourth-order valence-corrected chi connectivity index (χ4v) is 2.19. The molecule has 6 nitrogen and oxygen atoms in total. The van der Waals surface area contributed by atoms with Crippen molar-refractivity contribution in [2.75, 3.05) is 13.2 Å². The SMILES string of the molecule is CC(C)n1nnc(C(=O)O)c1C1CCOCC1. The molecule has 2 heterocycles. The summed E-state index contributed by atoms with van der Waals surface area (Å²) in [5, 5.41) is 16.9. The molecule has 1 aliphatic heterocycles. The molecule has 1 N–H and O–H groups in total. The number of nitrogens with zero attached hydrogens (tertiary/aromatic N) is 3. The number of aromatic nitrogens is 3. The second-order valence-corrected chi connectivity index (χ2v) is 4.55. The van der Waals surface area contributed by atoms with Gasteiger partial charge in [-0.1, -0.05) is 5.21 Å². The first-order valence-electron chi connectivity index (χ1n) is 5.87. The number of rotatable bonds is 3. The molecule has 0 aromatic carbocycles. The van der Waals surface area contributed by atoms with Gasteiger partial charge in [0.15, 0.2) is 5.69 Å². The Morgan fingerprint density at radius 2 is 2.12 bits per heavy atom. The smallest absolute Gasteiger partial charge is 0.358 e. The maximum atomic E-state index is 11.2. The molecule has 0 amide bonds. The molecule has 0 saturated carbocycles. The van der Waals surface area contributed by atoms with Crippen molar-refractivity contribution in [3.05, 3.63) is 11.4 Å². The third-order valence-corrected chi connectivity index (χ3v) is 3.03. The van der Waals surface area contributed by atoms with Crippen LogP contribution in [0.5, 0.6) is 0 Å². The molecule has 6 heteroatoms. The molecular weight excluding hydrogens is 222 g/mol. The summed E-state index contributed by atoms with van der Waals surface area (Å²) in [6.07, 6.45) is 1.67. The van der Waals surface area contributed by atoms with E-state index in [0.29, 0.717) is 13.2 Å². The average molecular weight is 239 g/mol. The van der Waals surface area contributed by atoms with Crippen LogP contribution in [0.2, 0.25) is 0 Å². The minimum atomic E-state index is -1.00. The minimum Gasteiger partial charge on any atom is -0.476 e. The molecule has 2 rings (SSSR count). The van der Waals surface area contributed by atoms with Gasteiger partial charge in [0.2, 0.25) is 0 Å². The second kappa shape index (κ2) is 4.83. The fraction of sp³-hybridized carbons (Fsp3) is 0.727. The first-order chi connectivity index (χ1) is 8.11. The molecule has 0 unspecified atom stereocenters. The van der Waals surface area contributed by atoms with Crippen LogP contribution < -0.4 is 0 Å². The molecule has 1 aromatic rings. The molecule has 17 heavy (non-hydrogen) atoms. The summed E-state index contributed by atoms with van der Waals surface area (Å²) in [5.41, 5.74) is 0.835. The van der Waals surface area contributed by atoms with E-state index in [1.54, 1.807) is 4.68 Å². The van der Waals surface area contributed by atoms with E-state index in [1.807, 2.05) is 13.8 Å². The monoisotopic (exact) mass is 239 g/mol. The highest BCUT2D eigenvalue weighted by atomic mass is 16.5. The van der Waals surface area contributed by atoms with Crippen LogP contribution in [0.15, 0.2) is 0 Å². The van der Waals surface area contributed by atoms with E-state index >= 15 is 0 Å². The van der Waals surface area contributed by atoms with Gasteiger partial charge in [-0.15, -0.1) is 5.10 Å². The zero-order chi connectivity index (χ0) is 12.4. The Bertz CT molecular complexity index is 408. The highest BCUT2D eigenvalue weighted by molar-refractivity contribution is 5.86. The van der Waals surface area contributed by atoms with Crippen LogP contribution in [0.4, 0.5) is 0 Å². The molecule has 0 atom stereocenters. The summed E-state index contributed by atoms with van der Waals surface area (Å²) in [6.45, 7) is 5.30. The Morgan fingerprint density at radius 3 is 2.65 bits per heavy atom. The van der Waals surface area contributed by atoms with Crippen LogP contribution >= 0.6 is 0 Å². The lowest BCUT2D eigenvalue weighted by Gasteiger charge is -2.23. The van der Waals surface area contributed by atoms with Gasteiger partial charge < -0.3 is 9.84 Å². The van der Waals surface area contributed by atoms with Gasteiger partial charge in [-0.3, -0.25) is 0 Å². The third kappa shape index (κ3) is 2.31. The van der Waals surface area contributed by atoms with E-state index in [-0.39, 0.29) is 17.7 Å². The molecule has 1 saturated heterocycles. The zero-order valence-corrected chi connectivity index (χ0v) is 10.1. The number of hydrogen-bond acceptors (Lipinski definition) is 4. The fourth-order valence-electron chi connectivity index (χ4n) is 2.19. The topological polar surface area (TPSA) is 77.2 Å². The van der Waals surface area contributed by atoms with Crippen molar-refractivity contribution in [3.63, 3.8) is 0 Å². The maximum absolute atomic E-state index is 11.2. The Hall–Kier alpha value is -1.43. The molecule has 0 bridgehead atoms. The number of carboxylic acids is 1. The number of aromatic carboxylic acids is 1. The predicted octanol–water partition coefficient (Wildman–Crippen LogP) is 1.45. The van der Waals surface area contributed by atoms with Gasteiger partial charge in [-0.2, -0.15) is 0 Å². The Labute approximate surface area is 99.6 Å². The van der Waals surface area contributed by atoms with Crippen LogP contribution in [0, 0.1) is 0 Å². The lowest BCUT2D eigenvalue weighted by atomic mass is 9.94. The molecule has 0 radical (unpaired) electrons. The second-order valence-electron chi connectivity index (χ2n) is 4.55. The average Bonchev–Trinajstić information content (AvgIpc) is 2.74. The summed E-state index contributed by atoms with van der Waals surface area (Å²) < 4.78 is 7.02. The van der Waals surface area contributed by atoms with Crippen molar-refractivity contribution in [1.82, 2.24) is 15.0 Å². The lowest BCUT2D eigenvalue weighted by Crippen LogP contribution is -2.20. The molecule has 1 fully saturated rings. The first-order valence-corrected chi connectivity index (χ1v) is 5.87. The normalized spacial score (nSPS) is 17.6. The lowest BCUT2D eigenvalue weighted by molar-refractivity contribution is 0.0676. The van der Waals surface area contributed by atoms with Gasteiger partial charge in [0.25, 0.3) is 0 Å². The predicted molar refractivity (Wildman–Crippen MR) is 60.2 cm³/mol. The number of carbonyl (C=O) groups is 1. The molecule has 0 spiro atoms. The molecule has 1 aromatic heterocycles. The van der Waals surface area contributed by atoms with E-state index in [2.05, 4.69) is 10.3 Å². The van der Waals surface area contributed by atoms with Crippen LogP contribution in [0.3, 0.4) is 0 Å². The van der Waals surface area contributed by atoms with E-state index in [4.69, 9.17) is 9.84 Å². The molecule has 94 valence electrons. The Balaban J connectivity index is 2.39. The summed E-state index contributed by atoms with van der Waals surface area (Å²) in [5.74, 6) is -0.814.